The van der Waals surface area contributed by atoms with Crippen molar-refractivity contribution in [2.24, 2.45) is 0 Å². The molecule has 3 unspecified atom stereocenters. The lowest BCUT2D eigenvalue weighted by atomic mass is 10.1. The number of morpholine rings is 2. The molecule has 0 aromatic carbocycles. The van der Waals surface area contributed by atoms with Gasteiger partial charge in [0.2, 0.25) is 0 Å². The molecule has 0 aromatic rings. The average molecular weight is 258 g/mol. The Morgan fingerprint density at radius 3 is 2.28 bits per heavy atom. The highest BCUT2D eigenvalue weighted by molar-refractivity contribution is 4.81. The van der Waals surface area contributed by atoms with Crippen LogP contribution in [0.4, 0.5) is 0 Å². The van der Waals surface area contributed by atoms with Crippen molar-refractivity contribution in [3.8, 4) is 0 Å². The minimum Gasteiger partial charge on any atom is -0.390 e. The fourth-order valence-corrected chi connectivity index (χ4v) is 2.78. The first-order chi connectivity index (χ1) is 8.66. The summed E-state index contributed by atoms with van der Waals surface area (Å²) in [6.07, 6.45) is -0.286. The normalized spacial score (nSPS) is 33.5. The number of β-amino-alcohol motifs (C(OH)–C–C–N with tert-alkyl or cyclic N) is 1. The molecule has 18 heavy (non-hydrogen) atoms. The van der Waals surface area contributed by atoms with Crippen LogP contribution in [0.1, 0.15) is 13.8 Å². The molecule has 2 heterocycles. The Hall–Kier alpha value is -0.200. The minimum absolute atomic E-state index is 0.286. The third kappa shape index (κ3) is 3.90. The monoisotopic (exact) mass is 258 g/mol. The number of hydrogen-bond donors (Lipinski definition) is 1. The average Bonchev–Trinajstić information content (AvgIpc) is 2.35. The van der Waals surface area contributed by atoms with Gasteiger partial charge in [0.15, 0.2) is 0 Å². The van der Waals surface area contributed by atoms with E-state index in [9.17, 15) is 5.11 Å². The van der Waals surface area contributed by atoms with Crippen molar-refractivity contribution in [3.63, 3.8) is 0 Å². The molecule has 2 saturated heterocycles. The second-order valence-corrected chi connectivity index (χ2v) is 5.50. The molecule has 2 rings (SSSR count). The molecule has 0 radical (unpaired) electrons. The zero-order valence-electron chi connectivity index (χ0n) is 11.5. The number of aliphatic hydroxyl groups excluding tert-OH is 1. The molecular weight excluding hydrogens is 232 g/mol. The van der Waals surface area contributed by atoms with E-state index in [0.717, 1.165) is 52.6 Å². The number of ether oxygens (including phenoxy) is 2. The molecule has 0 amide bonds. The summed E-state index contributed by atoms with van der Waals surface area (Å²) in [5.74, 6) is 0. The van der Waals surface area contributed by atoms with Crippen LogP contribution < -0.4 is 0 Å². The fourth-order valence-electron chi connectivity index (χ4n) is 2.78. The van der Waals surface area contributed by atoms with Gasteiger partial charge in [0.1, 0.15) is 0 Å². The second kappa shape index (κ2) is 6.82. The fraction of sp³-hybridized carbons (Fsp3) is 1.00. The summed E-state index contributed by atoms with van der Waals surface area (Å²) < 4.78 is 10.8. The van der Waals surface area contributed by atoms with Gasteiger partial charge in [-0.05, 0) is 13.8 Å². The highest BCUT2D eigenvalue weighted by Gasteiger charge is 2.27. The van der Waals surface area contributed by atoms with Crippen LogP contribution in [-0.2, 0) is 9.47 Å². The van der Waals surface area contributed by atoms with Gasteiger partial charge in [-0.2, -0.15) is 0 Å². The molecule has 3 atom stereocenters. The lowest BCUT2D eigenvalue weighted by Crippen LogP contribution is -2.54. The summed E-state index contributed by atoms with van der Waals surface area (Å²) in [5, 5.41) is 10.2. The first-order valence-electron chi connectivity index (χ1n) is 6.98. The third-order valence-electron chi connectivity index (χ3n) is 3.84. The van der Waals surface area contributed by atoms with Crippen LogP contribution >= 0.6 is 0 Å². The van der Waals surface area contributed by atoms with Gasteiger partial charge in [-0.3, -0.25) is 9.80 Å². The standard InChI is InChI=1S/C13H26N2O3/c1-11-9-18-10-12(2)15(11)8-13(16)7-14-3-5-17-6-4-14/h11-13,16H,3-10H2,1-2H3. The zero-order chi connectivity index (χ0) is 13.0. The summed E-state index contributed by atoms with van der Waals surface area (Å²) in [6.45, 7) is 10.8. The molecule has 0 spiro atoms. The Morgan fingerprint density at radius 1 is 1.06 bits per heavy atom. The molecule has 0 saturated carbocycles. The van der Waals surface area contributed by atoms with Crippen LogP contribution in [0.15, 0.2) is 0 Å². The van der Waals surface area contributed by atoms with E-state index in [1.54, 1.807) is 0 Å². The molecular formula is C13H26N2O3. The zero-order valence-corrected chi connectivity index (χ0v) is 11.5. The van der Waals surface area contributed by atoms with Crippen LogP contribution in [0, 0.1) is 0 Å². The van der Waals surface area contributed by atoms with Gasteiger partial charge in [-0.25, -0.2) is 0 Å². The second-order valence-electron chi connectivity index (χ2n) is 5.50. The van der Waals surface area contributed by atoms with E-state index in [0.29, 0.717) is 12.1 Å². The minimum atomic E-state index is -0.286. The van der Waals surface area contributed by atoms with E-state index in [-0.39, 0.29) is 6.10 Å². The number of nitrogens with zero attached hydrogens (tertiary/aromatic N) is 2. The number of hydrogen-bond acceptors (Lipinski definition) is 5. The molecule has 2 aliphatic rings. The van der Waals surface area contributed by atoms with Crippen LogP contribution in [0.5, 0.6) is 0 Å². The van der Waals surface area contributed by atoms with Crippen molar-refractivity contribution in [2.75, 3.05) is 52.6 Å². The highest BCUT2D eigenvalue weighted by Crippen LogP contribution is 2.13. The summed E-state index contributed by atoms with van der Waals surface area (Å²) in [7, 11) is 0. The molecule has 2 aliphatic heterocycles. The summed E-state index contributed by atoms with van der Waals surface area (Å²) in [6, 6.07) is 0.793. The number of rotatable bonds is 4. The molecule has 106 valence electrons. The van der Waals surface area contributed by atoms with E-state index in [4.69, 9.17) is 9.47 Å². The lowest BCUT2D eigenvalue weighted by Gasteiger charge is -2.40. The molecule has 1 N–H and O–H groups in total. The van der Waals surface area contributed by atoms with Gasteiger partial charge in [0, 0.05) is 38.3 Å². The maximum atomic E-state index is 10.2. The van der Waals surface area contributed by atoms with E-state index in [1.165, 1.54) is 0 Å². The van der Waals surface area contributed by atoms with Crippen molar-refractivity contribution in [1.29, 1.82) is 0 Å². The van der Waals surface area contributed by atoms with Gasteiger partial charge in [-0.1, -0.05) is 0 Å². The van der Waals surface area contributed by atoms with E-state index >= 15 is 0 Å². The quantitative estimate of drug-likeness (QED) is 0.756. The van der Waals surface area contributed by atoms with Crippen LogP contribution in [0.3, 0.4) is 0 Å². The van der Waals surface area contributed by atoms with Crippen molar-refractivity contribution in [2.45, 2.75) is 32.0 Å². The smallest absolute Gasteiger partial charge is 0.0794 e. The lowest BCUT2D eigenvalue weighted by molar-refractivity contribution is -0.0604. The predicted octanol–water partition coefficient (Wildman–Crippen LogP) is -0.211. The Balaban J connectivity index is 1.76. The maximum Gasteiger partial charge on any atom is 0.0794 e. The largest absolute Gasteiger partial charge is 0.390 e. The van der Waals surface area contributed by atoms with Crippen LogP contribution in [-0.4, -0.2) is 85.7 Å². The molecule has 2 fully saturated rings. The Kier molecular flexibility index (Phi) is 5.38. The Morgan fingerprint density at radius 2 is 1.67 bits per heavy atom. The van der Waals surface area contributed by atoms with E-state index < -0.39 is 0 Å². The third-order valence-corrected chi connectivity index (χ3v) is 3.84. The maximum absolute atomic E-state index is 10.2. The molecule has 0 aliphatic carbocycles. The molecule has 0 bridgehead atoms. The van der Waals surface area contributed by atoms with Crippen molar-refractivity contribution in [1.82, 2.24) is 9.80 Å². The number of aliphatic hydroxyl groups is 1. The summed E-state index contributed by atoms with van der Waals surface area (Å²) >= 11 is 0. The first-order valence-corrected chi connectivity index (χ1v) is 6.98. The van der Waals surface area contributed by atoms with E-state index in [2.05, 4.69) is 23.6 Å². The topological polar surface area (TPSA) is 45.2 Å². The summed E-state index contributed by atoms with van der Waals surface area (Å²) in [4.78, 5) is 4.64. The summed E-state index contributed by atoms with van der Waals surface area (Å²) in [5.41, 5.74) is 0. The van der Waals surface area contributed by atoms with Crippen LogP contribution in [0.25, 0.3) is 0 Å². The SMILES string of the molecule is CC1COCC(C)N1CC(O)CN1CCOCC1. The van der Waals surface area contributed by atoms with Gasteiger partial charge in [-0.15, -0.1) is 0 Å². The van der Waals surface area contributed by atoms with E-state index in [1.807, 2.05) is 0 Å². The van der Waals surface area contributed by atoms with Crippen LogP contribution in [0.2, 0.25) is 0 Å². The van der Waals surface area contributed by atoms with Crippen molar-refractivity contribution >= 4 is 0 Å². The van der Waals surface area contributed by atoms with Gasteiger partial charge >= 0.3 is 0 Å². The Labute approximate surface area is 110 Å². The highest BCUT2D eigenvalue weighted by atomic mass is 16.5. The van der Waals surface area contributed by atoms with Gasteiger partial charge in [0.25, 0.3) is 0 Å². The Bertz CT molecular complexity index is 236. The van der Waals surface area contributed by atoms with Gasteiger partial charge in [0.05, 0.1) is 32.5 Å². The first kappa shape index (κ1) is 14.2. The molecule has 0 aromatic heterocycles. The molecule has 5 heteroatoms. The molecule has 5 nitrogen and oxygen atoms in total. The predicted molar refractivity (Wildman–Crippen MR) is 69.7 cm³/mol. The van der Waals surface area contributed by atoms with Crippen molar-refractivity contribution in [3.05, 3.63) is 0 Å². The van der Waals surface area contributed by atoms with Gasteiger partial charge < -0.3 is 14.6 Å². The van der Waals surface area contributed by atoms with Crippen molar-refractivity contribution < 1.29 is 14.6 Å².